The molecule has 1 heterocycles. The Kier molecular flexibility index (Phi) is 5.10. The number of carbonyl (C=O) groups is 3. The number of thioether (sulfide) groups is 1. The SMILES string of the molecule is CCC(=O)O[C@]1(C(=O)SCCl)[C@@H](C)C[C@H]2[C@@H]3CCC4=CC(=O)C=C[C@]4(C)[C@@]34O[C@H]4C[C@@]21C. The zero-order valence-electron chi connectivity index (χ0n) is 19.1. The van der Waals surface area contributed by atoms with Crippen molar-refractivity contribution in [2.75, 3.05) is 5.21 Å². The number of esters is 1. The van der Waals surface area contributed by atoms with Gasteiger partial charge in [-0.05, 0) is 56.6 Å². The maximum Gasteiger partial charge on any atom is 0.306 e. The molecule has 0 aromatic rings. The zero-order chi connectivity index (χ0) is 23.1. The summed E-state index contributed by atoms with van der Waals surface area (Å²) >= 11 is 7.01. The lowest BCUT2D eigenvalue weighted by molar-refractivity contribution is -0.187. The summed E-state index contributed by atoms with van der Waals surface area (Å²) in [6, 6.07) is 0. The Balaban J connectivity index is 1.59. The normalized spacial score (nSPS) is 48.2. The first-order valence-electron chi connectivity index (χ1n) is 11.7. The largest absolute Gasteiger partial charge is 0.449 e. The van der Waals surface area contributed by atoms with E-state index in [1.807, 2.05) is 6.92 Å². The Bertz CT molecular complexity index is 960. The fraction of sp³-hybridized carbons (Fsp3) is 0.720. The van der Waals surface area contributed by atoms with Gasteiger partial charge in [-0.3, -0.25) is 14.4 Å². The van der Waals surface area contributed by atoms with Crippen molar-refractivity contribution in [3.8, 4) is 0 Å². The summed E-state index contributed by atoms with van der Waals surface area (Å²) in [5.41, 5.74) is -1.20. The molecule has 174 valence electrons. The number of ether oxygens (including phenoxy) is 2. The molecule has 0 amide bonds. The maximum atomic E-state index is 13.6. The molecule has 1 spiro atoms. The van der Waals surface area contributed by atoms with E-state index in [0.29, 0.717) is 6.42 Å². The number of hydrogen-bond acceptors (Lipinski definition) is 6. The number of epoxide rings is 1. The average Bonchev–Trinajstić information content (AvgIpc) is 3.42. The van der Waals surface area contributed by atoms with Crippen molar-refractivity contribution in [1.82, 2.24) is 0 Å². The number of hydrogen-bond donors (Lipinski definition) is 0. The van der Waals surface area contributed by atoms with E-state index >= 15 is 0 Å². The summed E-state index contributed by atoms with van der Waals surface area (Å²) < 4.78 is 12.7. The second-order valence-electron chi connectivity index (χ2n) is 10.6. The van der Waals surface area contributed by atoms with Gasteiger partial charge in [0.25, 0.3) is 0 Å². The van der Waals surface area contributed by atoms with Crippen LogP contribution in [0.2, 0.25) is 0 Å². The van der Waals surface area contributed by atoms with Crippen LogP contribution in [0.4, 0.5) is 0 Å². The zero-order valence-corrected chi connectivity index (χ0v) is 20.7. The highest BCUT2D eigenvalue weighted by Crippen LogP contribution is 2.77. The Hall–Kier alpha value is -1.11. The molecule has 5 nitrogen and oxygen atoms in total. The second-order valence-corrected chi connectivity index (χ2v) is 12.2. The number of rotatable bonds is 4. The molecule has 0 bridgehead atoms. The van der Waals surface area contributed by atoms with Crippen LogP contribution in [-0.2, 0) is 23.9 Å². The van der Waals surface area contributed by atoms with Crippen LogP contribution in [0.5, 0.6) is 0 Å². The molecule has 0 N–H and O–H groups in total. The van der Waals surface area contributed by atoms with E-state index in [4.69, 9.17) is 21.1 Å². The smallest absolute Gasteiger partial charge is 0.306 e. The third kappa shape index (κ3) is 2.55. The number of alkyl halides is 1. The summed E-state index contributed by atoms with van der Waals surface area (Å²) in [4.78, 5) is 38.3. The molecule has 8 atom stereocenters. The van der Waals surface area contributed by atoms with E-state index in [1.54, 1.807) is 19.1 Å². The minimum atomic E-state index is -1.20. The van der Waals surface area contributed by atoms with Gasteiger partial charge in [-0.1, -0.05) is 44.2 Å². The molecule has 0 radical (unpaired) electrons. The molecule has 0 aromatic carbocycles. The van der Waals surface area contributed by atoms with Crippen molar-refractivity contribution in [2.45, 2.75) is 77.1 Å². The van der Waals surface area contributed by atoms with Gasteiger partial charge >= 0.3 is 5.97 Å². The first-order valence-corrected chi connectivity index (χ1v) is 13.2. The first-order chi connectivity index (χ1) is 15.1. The van der Waals surface area contributed by atoms with Crippen molar-refractivity contribution < 1.29 is 23.9 Å². The van der Waals surface area contributed by atoms with Gasteiger partial charge in [0.15, 0.2) is 11.4 Å². The van der Waals surface area contributed by atoms with Gasteiger partial charge in [0.2, 0.25) is 5.12 Å². The highest BCUT2D eigenvalue weighted by atomic mass is 35.5. The van der Waals surface area contributed by atoms with Crippen LogP contribution < -0.4 is 0 Å². The second kappa shape index (κ2) is 7.19. The molecular weight excluding hydrogens is 448 g/mol. The highest BCUT2D eigenvalue weighted by molar-refractivity contribution is 8.14. The van der Waals surface area contributed by atoms with E-state index in [0.717, 1.165) is 36.6 Å². The van der Waals surface area contributed by atoms with Crippen LogP contribution in [0.3, 0.4) is 0 Å². The third-order valence-electron chi connectivity index (χ3n) is 9.53. The summed E-state index contributed by atoms with van der Waals surface area (Å²) in [5.74, 6) is 0.0353. The number of fused-ring (bicyclic) bond motifs is 3. The fourth-order valence-electron chi connectivity index (χ4n) is 8.07. The van der Waals surface area contributed by atoms with E-state index in [2.05, 4.69) is 19.9 Å². The number of halogens is 1. The minimum absolute atomic E-state index is 0.0286. The van der Waals surface area contributed by atoms with Crippen molar-refractivity contribution in [3.05, 3.63) is 23.8 Å². The van der Waals surface area contributed by atoms with Gasteiger partial charge in [-0.15, -0.1) is 11.6 Å². The molecule has 32 heavy (non-hydrogen) atoms. The van der Waals surface area contributed by atoms with E-state index in [-0.39, 0.29) is 63.4 Å². The predicted molar refractivity (Wildman–Crippen MR) is 123 cm³/mol. The standard InChI is InChI=1S/C25H31ClO5S/c1-5-20(28)31-24(21(29)32-13-26)14(2)10-18-17-7-6-15-11-16(27)8-9-22(15,3)25(17)19(30-25)12-23(18,24)4/h8-9,11,14,17-19H,5-7,10,12-13H2,1-4H3/t14-,17-,18-,19-,22-,23-,24-,25+/m0/s1. The molecule has 0 unspecified atom stereocenters. The molecule has 4 aliphatic carbocycles. The summed E-state index contributed by atoms with van der Waals surface area (Å²) in [6.07, 6.45) is 8.96. The summed E-state index contributed by atoms with van der Waals surface area (Å²) in [6.45, 7) is 8.15. The maximum absolute atomic E-state index is 13.6. The number of ketones is 1. The Labute approximate surface area is 198 Å². The van der Waals surface area contributed by atoms with E-state index in [1.165, 1.54) is 0 Å². The predicted octanol–water partition coefficient (Wildman–Crippen LogP) is 4.82. The molecule has 3 saturated carbocycles. The van der Waals surface area contributed by atoms with Crippen LogP contribution in [-0.4, -0.2) is 39.4 Å². The van der Waals surface area contributed by atoms with Gasteiger partial charge < -0.3 is 9.47 Å². The Morgan fingerprint density at radius 2 is 2.06 bits per heavy atom. The molecule has 5 rings (SSSR count). The van der Waals surface area contributed by atoms with Crippen LogP contribution in [0.25, 0.3) is 0 Å². The molecule has 1 aliphatic heterocycles. The molecule has 5 aliphatic rings. The lowest BCUT2D eigenvalue weighted by Crippen LogP contribution is -2.62. The summed E-state index contributed by atoms with van der Waals surface area (Å²) in [7, 11) is 0. The van der Waals surface area contributed by atoms with Gasteiger partial charge in [0.1, 0.15) is 5.60 Å². The lowest BCUT2D eigenvalue weighted by atomic mass is 9.47. The molecule has 4 fully saturated rings. The van der Waals surface area contributed by atoms with Crippen molar-refractivity contribution in [2.24, 2.45) is 28.6 Å². The highest BCUT2D eigenvalue weighted by Gasteiger charge is 2.83. The van der Waals surface area contributed by atoms with Crippen LogP contribution in [0.15, 0.2) is 23.8 Å². The number of allylic oxidation sites excluding steroid dienone is 2. The molecule has 7 heteroatoms. The van der Waals surface area contributed by atoms with Gasteiger partial charge in [-0.2, -0.15) is 0 Å². The Morgan fingerprint density at radius 1 is 1.31 bits per heavy atom. The minimum Gasteiger partial charge on any atom is -0.449 e. The first kappa shape index (κ1) is 22.7. The van der Waals surface area contributed by atoms with Gasteiger partial charge in [0, 0.05) is 23.2 Å². The van der Waals surface area contributed by atoms with Crippen LogP contribution in [0.1, 0.15) is 59.8 Å². The van der Waals surface area contributed by atoms with Crippen LogP contribution in [0, 0.1) is 28.6 Å². The Morgan fingerprint density at radius 3 is 2.75 bits per heavy atom. The fourth-order valence-corrected chi connectivity index (χ4v) is 9.16. The topological polar surface area (TPSA) is 73.0 Å². The average molecular weight is 479 g/mol. The van der Waals surface area contributed by atoms with Crippen molar-refractivity contribution >= 4 is 40.2 Å². The van der Waals surface area contributed by atoms with Gasteiger partial charge in [-0.25, -0.2) is 0 Å². The van der Waals surface area contributed by atoms with Crippen LogP contribution >= 0.6 is 23.4 Å². The molecular formula is C25H31ClO5S. The third-order valence-corrected chi connectivity index (χ3v) is 10.5. The number of carbonyl (C=O) groups excluding carboxylic acids is 3. The van der Waals surface area contributed by atoms with Crippen molar-refractivity contribution in [3.63, 3.8) is 0 Å². The quantitative estimate of drug-likeness (QED) is 0.327. The van der Waals surface area contributed by atoms with E-state index < -0.39 is 11.0 Å². The molecule has 1 saturated heterocycles. The monoisotopic (exact) mass is 478 g/mol. The van der Waals surface area contributed by atoms with Crippen molar-refractivity contribution in [1.29, 1.82) is 0 Å². The van der Waals surface area contributed by atoms with E-state index in [9.17, 15) is 14.4 Å². The molecule has 0 aromatic heterocycles. The summed E-state index contributed by atoms with van der Waals surface area (Å²) in [5, 5.41) is 0.00139. The van der Waals surface area contributed by atoms with Gasteiger partial charge in [0.05, 0.1) is 11.3 Å². The lowest BCUT2D eigenvalue weighted by Gasteiger charge is -2.56.